The molecule has 1 fully saturated rings. The summed E-state index contributed by atoms with van der Waals surface area (Å²) in [5.74, 6) is 0.120. The van der Waals surface area contributed by atoms with E-state index in [1.54, 1.807) is 0 Å². The molecule has 0 bridgehead atoms. The normalized spacial score (nSPS) is 18.0. The molecule has 1 aliphatic carbocycles. The van der Waals surface area contributed by atoms with Crippen LogP contribution in [0.4, 0.5) is 0 Å². The van der Waals surface area contributed by atoms with Gasteiger partial charge < -0.3 is 9.80 Å². The van der Waals surface area contributed by atoms with Gasteiger partial charge in [0.05, 0.1) is 0 Å². The maximum absolute atomic E-state index is 13.1. The highest BCUT2D eigenvalue weighted by molar-refractivity contribution is 6.07. The fraction of sp³-hybridized carbons (Fsp3) is 0.600. The molecule has 0 unspecified atom stereocenters. The highest BCUT2D eigenvalue weighted by atomic mass is 16.2. The summed E-state index contributed by atoms with van der Waals surface area (Å²) in [6.07, 6.45) is 4.19. The molecule has 1 aromatic rings. The predicted molar refractivity (Wildman–Crippen MR) is 94.4 cm³/mol. The van der Waals surface area contributed by atoms with Crippen molar-refractivity contribution in [3.05, 3.63) is 35.4 Å². The Kier molecular flexibility index (Phi) is 4.93. The SMILES string of the molecule is CCCN(CCC)C(=O)C1(C(=O)N2CCc3ccccc3C2)CC1. The third kappa shape index (κ3) is 3.06. The molecule has 0 saturated heterocycles. The molecule has 1 aromatic carbocycles. The minimum Gasteiger partial charge on any atom is -0.342 e. The number of carbonyl (C=O) groups excluding carboxylic acids is 2. The summed E-state index contributed by atoms with van der Waals surface area (Å²) < 4.78 is 0. The summed E-state index contributed by atoms with van der Waals surface area (Å²) in [5.41, 5.74) is 1.80. The Morgan fingerprint density at radius 1 is 1.08 bits per heavy atom. The molecule has 3 rings (SSSR count). The fourth-order valence-electron chi connectivity index (χ4n) is 3.77. The molecule has 4 heteroatoms. The van der Waals surface area contributed by atoms with Gasteiger partial charge in [-0.25, -0.2) is 0 Å². The van der Waals surface area contributed by atoms with E-state index >= 15 is 0 Å². The molecule has 1 aliphatic heterocycles. The number of amides is 2. The summed E-state index contributed by atoms with van der Waals surface area (Å²) in [4.78, 5) is 30.0. The number of benzene rings is 1. The molecule has 2 aliphatic rings. The first-order valence-corrected chi connectivity index (χ1v) is 9.28. The molecule has 0 spiro atoms. The summed E-state index contributed by atoms with van der Waals surface area (Å²) in [7, 11) is 0. The molecular formula is C20H28N2O2. The third-order valence-electron chi connectivity index (χ3n) is 5.26. The van der Waals surface area contributed by atoms with Crippen molar-refractivity contribution in [2.45, 2.75) is 52.5 Å². The van der Waals surface area contributed by atoms with E-state index in [1.165, 1.54) is 11.1 Å². The Hall–Kier alpha value is -1.84. The van der Waals surface area contributed by atoms with Gasteiger partial charge in [0, 0.05) is 26.2 Å². The number of carbonyl (C=O) groups is 2. The molecule has 0 N–H and O–H groups in total. The molecular weight excluding hydrogens is 300 g/mol. The lowest BCUT2D eigenvalue weighted by atomic mass is 9.96. The van der Waals surface area contributed by atoms with Crippen LogP contribution < -0.4 is 0 Å². The van der Waals surface area contributed by atoms with E-state index in [0.717, 1.165) is 38.9 Å². The Morgan fingerprint density at radius 2 is 1.71 bits per heavy atom. The number of fused-ring (bicyclic) bond motifs is 1. The zero-order valence-corrected chi connectivity index (χ0v) is 14.9. The van der Waals surface area contributed by atoms with E-state index in [1.807, 2.05) is 15.9 Å². The molecule has 130 valence electrons. The van der Waals surface area contributed by atoms with Crippen LogP contribution in [0.3, 0.4) is 0 Å². The molecule has 0 radical (unpaired) electrons. The summed E-state index contributed by atoms with van der Waals surface area (Å²) >= 11 is 0. The van der Waals surface area contributed by atoms with Crippen molar-refractivity contribution in [1.29, 1.82) is 0 Å². The van der Waals surface area contributed by atoms with Crippen LogP contribution in [0.1, 0.15) is 50.7 Å². The van der Waals surface area contributed by atoms with Crippen LogP contribution in [0.25, 0.3) is 0 Å². The lowest BCUT2D eigenvalue weighted by Crippen LogP contribution is -2.48. The van der Waals surface area contributed by atoms with Crippen LogP contribution in [0, 0.1) is 5.41 Å². The Balaban J connectivity index is 1.73. The standard InChI is InChI=1S/C20H28N2O2/c1-3-12-21(13-4-2)18(23)20(10-11-20)19(24)22-14-9-16-7-5-6-8-17(16)15-22/h5-8H,3-4,9-15H2,1-2H3. The molecule has 0 atom stereocenters. The van der Waals surface area contributed by atoms with Gasteiger partial charge in [0.1, 0.15) is 5.41 Å². The lowest BCUT2D eigenvalue weighted by molar-refractivity contribution is -0.150. The van der Waals surface area contributed by atoms with Crippen molar-refractivity contribution < 1.29 is 9.59 Å². The van der Waals surface area contributed by atoms with Gasteiger partial charge in [0.2, 0.25) is 11.8 Å². The molecule has 1 heterocycles. The van der Waals surface area contributed by atoms with Gasteiger partial charge in [0.15, 0.2) is 0 Å². The number of hydrogen-bond acceptors (Lipinski definition) is 2. The van der Waals surface area contributed by atoms with Crippen molar-refractivity contribution in [2.24, 2.45) is 5.41 Å². The van der Waals surface area contributed by atoms with E-state index < -0.39 is 5.41 Å². The second-order valence-corrected chi connectivity index (χ2v) is 7.12. The van der Waals surface area contributed by atoms with Crippen LogP contribution in [-0.4, -0.2) is 41.2 Å². The van der Waals surface area contributed by atoms with Gasteiger partial charge >= 0.3 is 0 Å². The Labute approximate surface area is 144 Å². The van der Waals surface area contributed by atoms with Crippen molar-refractivity contribution >= 4 is 11.8 Å². The number of rotatable bonds is 6. The van der Waals surface area contributed by atoms with Crippen molar-refractivity contribution in [1.82, 2.24) is 9.80 Å². The van der Waals surface area contributed by atoms with Crippen molar-refractivity contribution in [3.63, 3.8) is 0 Å². The average Bonchev–Trinajstić information content (AvgIpc) is 3.42. The zero-order valence-electron chi connectivity index (χ0n) is 14.9. The molecule has 4 nitrogen and oxygen atoms in total. The van der Waals surface area contributed by atoms with Crippen LogP contribution >= 0.6 is 0 Å². The maximum Gasteiger partial charge on any atom is 0.238 e. The van der Waals surface area contributed by atoms with E-state index in [-0.39, 0.29) is 11.8 Å². The monoisotopic (exact) mass is 328 g/mol. The van der Waals surface area contributed by atoms with Gasteiger partial charge in [-0.1, -0.05) is 38.1 Å². The molecule has 1 saturated carbocycles. The minimum atomic E-state index is -0.753. The van der Waals surface area contributed by atoms with Gasteiger partial charge in [-0.2, -0.15) is 0 Å². The summed E-state index contributed by atoms with van der Waals surface area (Å²) in [6.45, 7) is 7.05. The van der Waals surface area contributed by atoms with Gasteiger partial charge in [-0.15, -0.1) is 0 Å². The van der Waals surface area contributed by atoms with E-state index in [0.29, 0.717) is 19.4 Å². The van der Waals surface area contributed by atoms with E-state index in [4.69, 9.17) is 0 Å². The predicted octanol–water partition coefficient (Wildman–Crippen LogP) is 3.00. The van der Waals surface area contributed by atoms with E-state index in [9.17, 15) is 9.59 Å². The highest BCUT2D eigenvalue weighted by Gasteiger charge is 2.59. The molecule has 24 heavy (non-hydrogen) atoms. The second-order valence-electron chi connectivity index (χ2n) is 7.12. The highest BCUT2D eigenvalue weighted by Crippen LogP contribution is 2.49. The first kappa shape index (κ1) is 17.0. The van der Waals surface area contributed by atoms with Crippen molar-refractivity contribution in [3.8, 4) is 0 Å². The maximum atomic E-state index is 13.1. The fourth-order valence-corrected chi connectivity index (χ4v) is 3.77. The second kappa shape index (κ2) is 6.96. The number of nitrogens with zero attached hydrogens (tertiary/aromatic N) is 2. The largest absolute Gasteiger partial charge is 0.342 e. The third-order valence-corrected chi connectivity index (χ3v) is 5.26. The van der Waals surface area contributed by atoms with Gasteiger partial charge in [0.25, 0.3) is 0 Å². The topological polar surface area (TPSA) is 40.6 Å². The lowest BCUT2D eigenvalue weighted by Gasteiger charge is -2.33. The quantitative estimate of drug-likeness (QED) is 0.753. The van der Waals surface area contributed by atoms with Crippen LogP contribution in [0.2, 0.25) is 0 Å². The first-order chi connectivity index (χ1) is 11.6. The Morgan fingerprint density at radius 3 is 2.29 bits per heavy atom. The van der Waals surface area contributed by atoms with Gasteiger partial charge in [-0.3, -0.25) is 9.59 Å². The summed E-state index contributed by atoms with van der Waals surface area (Å²) in [5, 5.41) is 0. The first-order valence-electron chi connectivity index (χ1n) is 9.28. The summed E-state index contributed by atoms with van der Waals surface area (Å²) in [6, 6.07) is 8.31. The zero-order chi connectivity index (χ0) is 17.2. The molecule has 2 amide bonds. The molecule has 0 aromatic heterocycles. The Bertz CT molecular complexity index is 616. The van der Waals surface area contributed by atoms with Crippen LogP contribution in [0.5, 0.6) is 0 Å². The smallest absolute Gasteiger partial charge is 0.238 e. The average molecular weight is 328 g/mol. The van der Waals surface area contributed by atoms with Gasteiger partial charge in [-0.05, 0) is 43.2 Å². The number of hydrogen-bond donors (Lipinski definition) is 0. The van der Waals surface area contributed by atoms with Crippen LogP contribution in [-0.2, 0) is 22.6 Å². The van der Waals surface area contributed by atoms with Crippen molar-refractivity contribution in [2.75, 3.05) is 19.6 Å². The van der Waals surface area contributed by atoms with Crippen LogP contribution in [0.15, 0.2) is 24.3 Å². The van der Waals surface area contributed by atoms with E-state index in [2.05, 4.69) is 32.0 Å². The minimum absolute atomic E-state index is 0.0548.